The van der Waals surface area contributed by atoms with Gasteiger partial charge >= 0.3 is 0 Å². The van der Waals surface area contributed by atoms with Crippen molar-refractivity contribution < 1.29 is 4.79 Å². The van der Waals surface area contributed by atoms with Gasteiger partial charge in [0.2, 0.25) is 5.91 Å². The number of carbonyl (C=O) groups is 1. The van der Waals surface area contributed by atoms with E-state index >= 15 is 0 Å². The maximum atomic E-state index is 11.7. The molecule has 0 aromatic rings. The molecular weight excluding hydrogens is 216 g/mol. The Morgan fingerprint density at radius 3 is 3.07 bits per heavy atom. The van der Waals surface area contributed by atoms with Gasteiger partial charge in [0, 0.05) is 12.6 Å². The van der Waals surface area contributed by atoms with Gasteiger partial charge in [0.05, 0.1) is 6.54 Å². The standard InChI is InChI=1S/C9H18N2OS2/c1-2-8-5-3-4-6-11(8)9(12)7-10-14-13/h8,10,13H,2-7H2,1H3. The zero-order valence-corrected chi connectivity index (χ0v) is 10.2. The molecule has 0 aromatic heterocycles. The lowest BCUT2D eigenvalue weighted by molar-refractivity contribution is -0.133. The van der Waals surface area contributed by atoms with Crippen LogP contribution < -0.4 is 4.72 Å². The minimum Gasteiger partial charge on any atom is -0.339 e. The maximum Gasteiger partial charge on any atom is 0.237 e. The molecule has 82 valence electrons. The van der Waals surface area contributed by atoms with Gasteiger partial charge in [0.15, 0.2) is 0 Å². The maximum absolute atomic E-state index is 11.7. The fourth-order valence-corrected chi connectivity index (χ4v) is 2.33. The molecule has 0 bridgehead atoms. The molecule has 1 saturated heterocycles. The van der Waals surface area contributed by atoms with Crippen LogP contribution in [0.1, 0.15) is 32.6 Å². The molecule has 3 nitrogen and oxygen atoms in total. The van der Waals surface area contributed by atoms with Crippen molar-refractivity contribution in [3.8, 4) is 0 Å². The zero-order valence-electron chi connectivity index (χ0n) is 8.53. The fraction of sp³-hybridized carbons (Fsp3) is 0.889. The third-order valence-electron chi connectivity index (χ3n) is 2.71. The van der Waals surface area contributed by atoms with Crippen molar-refractivity contribution in [2.75, 3.05) is 13.1 Å². The van der Waals surface area contributed by atoms with Crippen molar-refractivity contribution in [1.29, 1.82) is 0 Å². The molecule has 1 N–H and O–H groups in total. The summed E-state index contributed by atoms with van der Waals surface area (Å²) in [4.78, 5) is 13.8. The van der Waals surface area contributed by atoms with Crippen LogP contribution in [0.15, 0.2) is 0 Å². The summed E-state index contributed by atoms with van der Waals surface area (Å²) in [6, 6.07) is 0.461. The van der Waals surface area contributed by atoms with Crippen LogP contribution in [-0.2, 0) is 4.79 Å². The molecule has 0 aromatic carbocycles. The number of piperidine rings is 1. The second-order valence-corrected chi connectivity index (χ2v) is 4.58. The summed E-state index contributed by atoms with van der Waals surface area (Å²) >= 11 is 3.94. The second kappa shape index (κ2) is 6.58. The van der Waals surface area contributed by atoms with Gasteiger partial charge in [-0.25, -0.2) is 4.72 Å². The number of rotatable bonds is 4. The van der Waals surface area contributed by atoms with Gasteiger partial charge in [0.25, 0.3) is 0 Å². The van der Waals surface area contributed by atoms with Crippen molar-refractivity contribution in [2.24, 2.45) is 0 Å². The SMILES string of the molecule is CCC1CCCCN1C(=O)CNSS. The van der Waals surface area contributed by atoms with E-state index in [9.17, 15) is 4.79 Å². The number of amides is 1. The summed E-state index contributed by atoms with van der Waals surface area (Å²) in [6.07, 6.45) is 4.64. The van der Waals surface area contributed by atoms with E-state index in [0.717, 1.165) is 25.8 Å². The Hall–Kier alpha value is 0.130. The summed E-state index contributed by atoms with van der Waals surface area (Å²) in [5.74, 6) is 0.207. The normalized spacial score (nSPS) is 22.4. The topological polar surface area (TPSA) is 32.3 Å². The first-order valence-electron chi connectivity index (χ1n) is 5.12. The molecule has 1 aliphatic rings. The third-order valence-corrected chi connectivity index (χ3v) is 3.37. The van der Waals surface area contributed by atoms with Crippen LogP contribution >= 0.6 is 22.6 Å². The highest BCUT2D eigenvalue weighted by atomic mass is 33.1. The van der Waals surface area contributed by atoms with Crippen LogP contribution in [0.4, 0.5) is 0 Å². The van der Waals surface area contributed by atoms with Crippen LogP contribution in [0.25, 0.3) is 0 Å². The first-order valence-corrected chi connectivity index (χ1v) is 6.99. The van der Waals surface area contributed by atoms with Gasteiger partial charge in [0.1, 0.15) is 0 Å². The van der Waals surface area contributed by atoms with Crippen molar-refractivity contribution in [3.63, 3.8) is 0 Å². The Morgan fingerprint density at radius 1 is 1.64 bits per heavy atom. The zero-order chi connectivity index (χ0) is 10.4. The molecule has 0 aliphatic carbocycles. The number of likely N-dealkylation sites (tertiary alicyclic amines) is 1. The third kappa shape index (κ3) is 3.37. The lowest BCUT2D eigenvalue weighted by atomic mass is 10.00. The van der Waals surface area contributed by atoms with E-state index in [1.165, 1.54) is 17.4 Å². The number of hydrogen-bond donors (Lipinski definition) is 2. The molecule has 14 heavy (non-hydrogen) atoms. The summed E-state index contributed by atoms with van der Waals surface area (Å²) in [5.41, 5.74) is 0. The van der Waals surface area contributed by atoms with Gasteiger partial charge in [-0.05, 0) is 36.7 Å². The van der Waals surface area contributed by atoms with E-state index in [2.05, 4.69) is 23.3 Å². The minimum absolute atomic E-state index is 0.207. The lowest BCUT2D eigenvalue weighted by Crippen LogP contribution is -2.46. The van der Waals surface area contributed by atoms with E-state index in [1.54, 1.807) is 0 Å². The summed E-state index contributed by atoms with van der Waals surface area (Å²) < 4.78 is 2.88. The Kier molecular flexibility index (Phi) is 5.74. The molecular formula is C9H18N2OS2. The first kappa shape index (κ1) is 12.2. The Balaban J connectivity index is 2.41. The molecule has 5 heteroatoms. The Bertz CT molecular complexity index is 190. The monoisotopic (exact) mass is 234 g/mol. The largest absolute Gasteiger partial charge is 0.339 e. The van der Waals surface area contributed by atoms with Gasteiger partial charge in [-0.1, -0.05) is 18.6 Å². The number of carbonyl (C=O) groups excluding carboxylic acids is 1. The molecule has 0 spiro atoms. The summed E-state index contributed by atoms with van der Waals surface area (Å²) in [7, 11) is 1.20. The highest BCUT2D eigenvalue weighted by Crippen LogP contribution is 2.19. The molecule has 1 heterocycles. The van der Waals surface area contributed by atoms with Crippen molar-refractivity contribution in [3.05, 3.63) is 0 Å². The van der Waals surface area contributed by atoms with Crippen molar-refractivity contribution in [2.45, 2.75) is 38.6 Å². The van der Waals surface area contributed by atoms with Crippen molar-refractivity contribution in [1.82, 2.24) is 9.62 Å². The molecule has 1 atom stereocenters. The molecule has 1 amide bonds. The van der Waals surface area contributed by atoms with E-state index in [-0.39, 0.29) is 5.91 Å². The quantitative estimate of drug-likeness (QED) is 0.442. The van der Waals surface area contributed by atoms with E-state index in [0.29, 0.717) is 12.6 Å². The first-order chi connectivity index (χ1) is 6.79. The van der Waals surface area contributed by atoms with Gasteiger partial charge in [-0.3, -0.25) is 4.79 Å². The van der Waals surface area contributed by atoms with E-state index in [4.69, 9.17) is 0 Å². The Labute approximate surface area is 94.9 Å². The highest BCUT2D eigenvalue weighted by Gasteiger charge is 2.24. The number of nitrogens with one attached hydrogen (secondary N) is 1. The molecule has 0 saturated carbocycles. The molecule has 0 radical (unpaired) electrons. The molecule has 1 aliphatic heterocycles. The average Bonchev–Trinajstić information content (AvgIpc) is 2.25. The van der Waals surface area contributed by atoms with Crippen LogP contribution in [0.3, 0.4) is 0 Å². The highest BCUT2D eigenvalue weighted by molar-refractivity contribution is 8.67. The van der Waals surface area contributed by atoms with Crippen molar-refractivity contribution >= 4 is 28.5 Å². The van der Waals surface area contributed by atoms with E-state index in [1.807, 2.05) is 4.90 Å². The fourth-order valence-electron chi connectivity index (χ4n) is 1.95. The van der Waals surface area contributed by atoms with Gasteiger partial charge in [-0.2, -0.15) is 0 Å². The minimum atomic E-state index is 0.207. The molecule has 1 rings (SSSR count). The molecule has 1 fully saturated rings. The Morgan fingerprint density at radius 2 is 2.43 bits per heavy atom. The van der Waals surface area contributed by atoms with Crippen LogP contribution in [0.5, 0.6) is 0 Å². The van der Waals surface area contributed by atoms with Crippen LogP contribution in [-0.4, -0.2) is 29.9 Å². The van der Waals surface area contributed by atoms with Crippen LogP contribution in [0.2, 0.25) is 0 Å². The average molecular weight is 234 g/mol. The van der Waals surface area contributed by atoms with Gasteiger partial charge in [-0.15, -0.1) is 0 Å². The number of hydrogen-bond acceptors (Lipinski definition) is 4. The lowest BCUT2D eigenvalue weighted by Gasteiger charge is -2.35. The van der Waals surface area contributed by atoms with Crippen LogP contribution in [0, 0.1) is 0 Å². The van der Waals surface area contributed by atoms with Gasteiger partial charge < -0.3 is 4.90 Å². The number of thiol groups is 1. The number of nitrogens with zero attached hydrogens (tertiary/aromatic N) is 1. The summed E-state index contributed by atoms with van der Waals surface area (Å²) in [6.45, 7) is 3.47. The second-order valence-electron chi connectivity index (χ2n) is 3.56. The van der Waals surface area contributed by atoms with E-state index < -0.39 is 0 Å². The smallest absolute Gasteiger partial charge is 0.237 e. The predicted molar refractivity (Wildman–Crippen MR) is 64.2 cm³/mol. The predicted octanol–water partition coefficient (Wildman–Crippen LogP) is 1.86. The summed E-state index contributed by atoms with van der Waals surface area (Å²) in [5, 5.41) is 0. The molecule has 1 unspecified atom stereocenters.